The highest BCUT2D eigenvalue weighted by atomic mass is 79.9. The van der Waals surface area contributed by atoms with E-state index in [0.29, 0.717) is 6.04 Å². The Kier molecular flexibility index (Phi) is 4.25. The standard InChI is InChI=1S/C16H23BrN2/c1-12(9-13-4-6-15(17)7-5-13)19-10-14-3-2-8-18-16(14)11-19/h4-7,12,14,16,18H,2-3,8-11H2,1H3. The first-order valence-electron chi connectivity index (χ1n) is 7.44. The van der Waals surface area contributed by atoms with Gasteiger partial charge in [0.2, 0.25) is 0 Å². The van der Waals surface area contributed by atoms with Crippen LogP contribution in [0.1, 0.15) is 25.3 Å². The highest BCUT2D eigenvalue weighted by Gasteiger charge is 2.35. The van der Waals surface area contributed by atoms with Crippen molar-refractivity contribution >= 4 is 15.9 Å². The molecule has 1 aromatic carbocycles. The number of halogens is 1. The van der Waals surface area contributed by atoms with Gasteiger partial charge in [0.25, 0.3) is 0 Å². The predicted octanol–water partition coefficient (Wildman–Crippen LogP) is 3.06. The lowest BCUT2D eigenvalue weighted by Gasteiger charge is -2.25. The van der Waals surface area contributed by atoms with E-state index < -0.39 is 0 Å². The van der Waals surface area contributed by atoms with Crippen LogP contribution in [0.25, 0.3) is 0 Å². The molecule has 2 nitrogen and oxygen atoms in total. The molecule has 0 bridgehead atoms. The number of fused-ring (bicyclic) bond motifs is 1. The van der Waals surface area contributed by atoms with Gasteiger partial charge < -0.3 is 5.32 Å². The summed E-state index contributed by atoms with van der Waals surface area (Å²) in [5.74, 6) is 0.890. The van der Waals surface area contributed by atoms with E-state index in [0.717, 1.165) is 18.4 Å². The summed E-state index contributed by atoms with van der Waals surface area (Å²) in [7, 11) is 0. The third-order valence-electron chi connectivity index (χ3n) is 4.70. The van der Waals surface area contributed by atoms with Crippen molar-refractivity contribution in [2.45, 2.75) is 38.3 Å². The van der Waals surface area contributed by atoms with Gasteiger partial charge in [0.05, 0.1) is 0 Å². The van der Waals surface area contributed by atoms with Gasteiger partial charge in [-0.15, -0.1) is 0 Å². The molecule has 0 radical (unpaired) electrons. The minimum atomic E-state index is 0.647. The van der Waals surface area contributed by atoms with Crippen LogP contribution in [-0.4, -0.2) is 36.6 Å². The van der Waals surface area contributed by atoms with Crippen LogP contribution in [-0.2, 0) is 6.42 Å². The zero-order valence-corrected chi connectivity index (χ0v) is 13.2. The molecular weight excluding hydrogens is 300 g/mol. The number of likely N-dealkylation sites (tertiary alicyclic amines) is 1. The van der Waals surface area contributed by atoms with Gasteiger partial charge in [-0.25, -0.2) is 0 Å². The average molecular weight is 323 g/mol. The van der Waals surface area contributed by atoms with Gasteiger partial charge in [-0.3, -0.25) is 4.90 Å². The molecule has 0 spiro atoms. The normalized spacial score (nSPS) is 29.2. The van der Waals surface area contributed by atoms with Crippen molar-refractivity contribution in [3.63, 3.8) is 0 Å². The molecule has 104 valence electrons. The van der Waals surface area contributed by atoms with Gasteiger partial charge in [-0.2, -0.15) is 0 Å². The number of benzene rings is 1. The molecule has 2 heterocycles. The first-order valence-corrected chi connectivity index (χ1v) is 8.23. The fraction of sp³-hybridized carbons (Fsp3) is 0.625. The number of hydrogen-bond acceptors (Lipinski definition) is 2. The summed E-state index contributed by atoms with van der Waals surface area (Å²) in [6.45, 7) is 6.12. The quantitative estimate of drug-likeness (QED) is 0.920. The third-order valence-corrected chi connectivity index (χ3v) is 5.22. The first-order chi connectivity index (χ1) is 9.22. The Morgan fingerprint density at radius 2 is 2.11 bits per heavy atom. The molecule has 3 rings (SSSR count). The molecule has 0 aliphatic carbocycles. The van der Waals surface area contributed by atoms with E-state index in [1.807, 2.05) is 0 Å². The molecule has 1 N–H and O–H groups in total. The van der Waals surface area contributed by atoms with E-state index in [4.69, 9.17) is 0 Å². The van der Waals surface area contributed by atoms with Crippen LogP contribution in [0.2, 0.25) is 0 Å². The molecule has 1 aromatic rings. The minimum Gasteiger partial charge on any atom is -0.312 e. The summed E-state index contributed by atoms with van der Waals surface area (Å²) < 4.78 is 1.17. The number of nitrogens with zero attached hydrogens (tertiary/aromatic N) is 1. The SMILES string of the molecule is CC(Cc1ccc(Br)cc1)N1CC2CCCNC2C1. The topological polar surface area (TPSA) is 15.3 Å². The lowest BCUT2D eigenvalue weighted by Crippen LogP contribution is -2.41. The smallest absolute Gasteiger partial charge is 0.0235 e. The molecule has 0 saturated carbocycles. The molecule has 2 fully saturated rings. The van der Waals surface area contributed by atoms with Gasteiger partial charge in [0, 0.05) is 29.6 Å². The number of piperidine rings is 1. The third kappa shape index (κ3) is 3.21. The van der Waals surface area contributed by atoms with Gasteiger partial charge in [0.15, 0.2) is 0 Å². The molecular formula is C16H23BrN2. The van der Waals surface area contributed by atoms with Crippen molar-refractivity contribution < 1.29 is 0 Å². The van der Waals surface area contributed by atoms with Crippen LogP contribution >= 0.6 is 15.9 Å². The molecule has 19 heavy (non-hydrogen) atoms. The van der Waals surface area contributed by atoms with E-state index in [-0.39, 0.29) is 0 Å². The number of hydrogen-bond donors (Lipinski definition) is 1. The maximum absolute atomic E-state index is 3.69. The fourth-order valence-corrected chi connectivity index (χ4v) is 3.80. The van der Waals surface area contributed by atoms with E-state index in [1.165, 1.54) is 42.5 Å². The van der Waals surface area contributed by atoms with E-state index in [2.05, 4.69) is 57.3 Å². The average Bonchev–Trinajstić information content (AvgIpc) is 2.85. The largest absolute Gasteiger partial charge is 0.312 e. The Bertz CT molecular complexity index is 403. The fourth-order valence-electron chi connectivity index (χ4n) is 3.53. The lowest BCUT2D eigenvalue weighted by molar-refractivity contribution is 0.246. The number of nitrogens with one attached hydrogen (secondary N) is 1. The van der Waals surface area contributed by atoms with Crippen LogP contribution in [0, 0.1) is 5.92 Å². The molecule has 0 aromatic heterocycles. The van der Waals surface area contributed by atoms with E-state index >= 15 is 0 Å². The van der Waals surface area contributed by atoms with Crippen molar-refractivity contribution in [2.24, 2.45) is 5.92 Å². The summed E-state index contributed by atoms with van der Waals surface area (Å²) in [6, 6.07) is 10.2. The lowest BCUT2D eigenvalue weighted by atomic mass is 9.94. The van der Waals surface area contributed by atoms with Gasteiger partial charge in [-0.05, 0) is 56.3 Å². The summed E-state index contributed by atoms with van der Waals surface area (Å²) in [5.41, 5.74) is 1.44. The Morgan fingerprint density at radius 3 is 2.84 bits per heavy atom. The molecule has 2 saturated heterocycles. The monoisotopic (exact) mass is 322 g/mol. The van der Waals surface area contributed by atoms with E-state index in [1.54, 1.807) is 0 Å². The van der Waals surface area contributed by atoms with Gasteiger partial charge in [0.1, 0.15) is 0 Å². The minimum absolute atomic E-state index is 0.647. The van der Waals surface area contributed by atoms with E-state index in [9.17, 15) is 0 Å². The maximum Gasteiger partial charge on any atom is 0.0235 e. The summed E-state index contributed by atoms with van der Waals surface area (Å²) in [6.07, 6.45) is 3.93. The van der Waals surface area contributed by atoms with Crippen molar-refractivity contribution in [2.75, 3.05) is 19.6 Å². The van der Waals surface area contributed by atoms with Gasteiger partial charge in [-0.1, -0.05) is 28.1 Å². The second-order valence-corrected chi connectivity index (χ2v) is 7.01. The van der Waals surface area contributed by atoms with Crippen molar-refractivity contribution in [1.82, 2.24) is 10.2 Å². The predicted molar refractivity (Wildman–Crippen MR) is 83.4 cm³/mol. The maximum atomic E-state index is 3.69. The Labute approximate surface area is 124 Å². The molecule has 3 heteroatoms. The van der Waals surface area contributed by atoms with Crippen LogP contribution in [0.3, 0.4) is 0 Å². The zero-order chi connectivity index (χ0) is 13.2. The Balaban J connectivity index is 1.58. The number of rotatable bonds is 3. The molecule has 0 amide bonds. The van der Waals surface area contributed by atoms with Crippen molar-refractivity contribution in [1.29, 1.82) is 0 Å². The summed E-state index contributed by atoms with van der Waals surface area (Å²) in [5, 5.41) is 3.69. The molecule has 3 unspecified atom stereocenters. The highest BCUT2D eigenvalue weighted by molar-refractivity contribution is 9.10. The van der Waals surface area contributed by atoms with Crippen LogP contribution in [0.5, 0.6) is 0 Å². The van der Waals surface area contributed by atoms with Crippen LogP contribution in [0.4, 0.5) is 0 Å². The highest BCUT2D eigenvalue weighted by Crippen LogP contribution is 2.27. The second kappa shape index (κ2) is 5.94. The van der Waals surface area contributed by atoms with Crippen LogP contribution < -0.4 is 5.32 Å². The molecule has 2 aliphatic rings. The Hall–Kier alpha value is -0.380. The summed E-state index contributed by atoms with van der Waals surface area (Å²) in [4.78, 5) is 2.68. The zero-order valence-electron chi connectivity index (χ0n) is 11.6. The molecule has 2 aliphatic heterocycles. The van der Waals surface area contributed by atoms with Gasteiger partial charge >= 0.3 is 0 Å². The van der Waals surface area contributed by atoms with Crippen molar-refractivity contribution in [3.05, 3.63) is 34.3 Å². The summed E-state index contributed by atoms with van der Waals surface area (Å²) >= 11 is 3.50. The van der Waals surface area contributed by atoms with Crippen molar-refractivity contribution in [3.8, 4) is 0 Å². The second-order valence-electron chi connectivity index (χ2n) is 6.10. The Morgan fingerprint density at radius 1 is 1.32 bits per heavy atom. The first kappa shape index (κ1) is 13.6. The van der Waals surface area contributed by atoms with Crippen LogP contribution in [0.15, 0.2) is 28.7 Å². The molecule has 3 atom stereocenters.